The van der Waals surface area contributed by atoms with E-state index in [1.807, 2.05) is 29.3 Å². The molecule has 2 aliphatic rings. The Morgan fingerprint density at radius 2 is 1.79 bits per heavy atom. The number of pyridine rings is 1. The summed E-state index contributed by atoms with van der Waals surface area (Å²) in [4.78, 5) is 21.7. The Bertz CT molecular complexity index is 1080. The predicted octanol–water partition coefficient (Wildman–Crippen LogP) is 4.53. The molecule has 178 valence electrons. The maximum Gasteiger partial charge on any atom is 0.233 e. The van der Waals surface area contributed by atoms with Gasteiger partial charge in [0.25, 0.3) is 0 Å². The number of thioether (sulfide) groups is 1. The summed E-state index contributed by atoms with van der Waals surface area (Å²) in [7, 11) is 0. The van der Waals surface area contributed by atoms with Crippen LogP contribution in [-0.2, 0) is 4.79 Å². The quantitative estimate of drug-likeness (QED) is 0.487. The monoisotopic (exact) mass is 476 g/mol. The number of hydrogen-bond donors (Lipinski definition) is 0. The minimum atomic E-state index is 0.173. The van der Waals surface area contributed by atoms with E-state index in [1.165, 1.54) is 36.7 Å². The van der Waals surface area contributed by atoms with E-state index in [2.05, 4.69) is 55.8 Å². The van der Waals surface area contributed by atoms with Crippen molar-refractivity contribution in [1.82, 2.24) is 24.6 Å². The average molecular weight is 477 g/mol. The van der Waals surface area contributed by atoms with E-state index in [-0.39, 0.29) is 5.91 Å². The van der Waals surface area contributed by atoms with Gasteiger partial charge < -0.3 is 9.80 Å². The van der Waals surface area contributed by atoms with E-state index in [1.54, 1.807) is 6.20 Å². The number of nitrogens with zero attached hydrogens (tertiary/aromatic N) is 6. The predicted molar refractivity (Wildman–Crippen MR) is 136 cm³/mol. The lowest BCUT2D eigenvalue weighted by atomic mass is 9.85. The molecule has 1 saturated heterocycles. The molecule has 1 amide bonds. The van der Waals surface area contributed by atoms with Crippen molar-refractivity contribution >= 4 is 23.4 Å². The Hall–Kier alpha value is -2.87. The van der Waals surface area contributed by atoms with Crippen LogP contribution in [0.15, 0.2) is 60.0 Å². The minimum Gasteiger partial charge on any atom is -0.368 e. The van der Waals surface area contributed by atoms with E-state index in [9.17, 15) is 4.79 Å². The van der Waals surface area contributed by atoms with Crippen LogP contribution in [0.4, 0.5) is 5.69 Å². The van der Waals surface area contributed by atoms with Crippen LogP contribution in [0.1, 0.15) is 38.6 Å². The second-order valence-corrected chi connectivity index (χ2v) is 10.2. The van der Waals surface area contributed by atoms with Gasteiger partial charge in [0.2, 0.25) is 5.91 Å². The number of carbonyl (C=O) groups is 1. The Morgan fingerprint density at radius 1 is 1.00 bits per heavy atom. The fraction of sp³-hybridized carbons (Fsp3) is 0.462. The molecule has 0 N–H and O–H groups in total. The molecular weight excluding hydrogens is 444 g/mol. The fourth-order valence-electron chi connectivity index (χ4n) is 5.12. The molecule has 2 aromatic heterocycles. The summed E-state index contributed by atoms with van der Waals surface area (Å²) >= 11 is 1.52. The molecule has 1 aromatic carbocycles. The highest BCUT2D eigenvalue weighted by Gasteiger charge is 2.29. The van der Waals surface area contributed by atoms with Crippen LogP contribution in [0.5, 0.6) is 0 Å². The van der Waals surface area contributed by atoms with Crippen LogP contribution in [0.2, 0.25) is 0 Å². The lowest BCUT2D eigenvalue weighted by molar-refractivity contribution is -0.128. The standard InChI is InChI=1S/C26H32N6OS/c1-20-8-5-6-12-23(20)32-25(21-9-7-13-27-18-21)28-29-26(32)34-19-24(33)31-16-14-30(15-17-31)22-10-3-2-4-11-22/h2-4,7,9-11,13,18,20,23H,5-6,8,12,14-17,19H2,1H3/t20-,23+/m0/s1. The molecule has 0 bridgehead atoms. The third-order valence-corrected chi connectivity index (χ3v) is 7.99. The van der Waals surface area contributed by atoms with Gasteiger partial charge in [-0.05, 0) is 43.0 Å². The number of carbonyl (C=O) groups excluding carboxylic acids is 1. The number of benzene rings is 1. The average Bonchev–Trinajstić information content (AvgIpc) is 3.32. The van der Waals surface area contributed by atoms with Crippen LogP contribution in [0, 0.1) is 5.92 Å². The first-order valence-corrected chi connectivity index (χ1v) is 13.2. The summed E-state index contributed by atoms with van der Waals surface area (Å²) in [6.45, 7) is 5.55. The number of aromatic nitrogens is 4. The topological polar surface area (TPSA) is 67.2 Å². The van der Waals surface area contributed by atoms with Gasteiger partial charge in [0.15, 0.2) is 11.0 Å². The van der Waals surface area contributed by atoms with E-state index < -0.39 is 0 Å². The first kappa shape index (κ1) is 22.9. The number of rotatable bonds is 6. The lowest BCUT2D eigenvalue weighted by Gasteiger charge is -2.36. The molecule has 1 aliphatic carbocycles. The van der Waals surface area contributed by atoms with E-state index in [4.69, 9.17) is 0 Å². The first-order chi connectivity index (χ1) is 16.7. The first-order valence-electron chi connectivity index (χ1n) is 12.3. The summed E-state index contributed by atoms with van der Waals surface area (Å²) in [5, 5.41) is 9.93. The van der Waals surface area contributed by atoms with Gasteiger partial charge in [0, 0.05) is 55.9 Å². The molecule has 34 heavy (non-hydrogen) atoms. The van der Waals surface area contributed by atoms with Crippen molar-refractivity contribution < 1.29 is 4.79 Å². The molecule has 2 atom stereocenters. The Kier molecular flexibility index (Phi) is 7.13. The van der Waals surface area contributed by atoms with Gasteiger partial charge in [-0.3, -0.25) is 14.3 Å². The molecule has 0 radical (unpaired) electrons. The van der Waals surface area contributed by atoms with E-state index in [0.29, 0.717) is 17.7 Å². The summed E-state index contributed by atoms with van der Waals surface area (Å²) in [5.41, 5.74) is 2.20. The fourth-order valence-corrected chi connectivity index (χ4v) is 6.01. The zero-order chi connectivity index (χ0) is 23.3. The zero-order valence-electron chi connectivity index (χ0n) is 19.7. The molecule has 8 heteroatoms. The normalized spacial score (nSPS) is 21.0. The molecule has 1 aliphatic heterocycles. The smallest absolute Gasteiger partial charge is 0.233 e. The van der Waals surface area contributed by atoms with Gasteiger partial charge in [0.1, 0.15) is 0 Å². The van der Waals surface area contributed by atoms with Gasteiger partial charge in [-0.2, -0.15) is 0 Å². The number of amides is 1. The number of piperazine rings is 1. The van der Waals surface area contributed by atoms with Crippen molar-refractivity contribution in [2.24, 2.45) is 5.92 Å². The minimum absolute atomic E-state index is 0.173. The molecule has 5 rings (SSSR count). The number of hydrogen-bond acceptors (Lipinski definition) is 6. The molecule has 0 unspecified atom stereocenters. The molecular formula is C26H32N6OS. The SMILES string of the molecule is C[C@H]1CCCC[C@H]1n1c(SCC(=O)N2CCN(c3ccccc3)CC2)nnc1-c1cccnc1. The second kappa shape index (κ2) is 10.6. The van der Waals surface area contributed by atoms with Crippen LogP contribution in [0.25, 0.3) is 11.4 Å². The number of para-hydroxylation sites is 1. The van der Waals surface area contributed by atoms with Gasteiger partial charge in [-0.25, -0.2) is 0 Å². The van der Waals surface area contributed by atoms with Crippen LogP contribution in [-0.4, -0.2) is 62.5 Å². The van der Waals surface area contributed by atoms with Crippen molar-refractivity contribution in [3.63, 3.8) is 0 Å². The maximum atomic E-state index is 13.1. The Labute approximate surface area is 205 Å². The zero-order valence-corrected chi connectivity index (χ0v) is 20.5. The second-order valence-electron chi connectivity index (χ2n) is 9.24. The molecule has 0 spiro atoms. The molecule has 2 fully saturated rings. The van der Waals surface area contributed by atoms with Gasteiger partial charge in [-0.15, -0.1) is 10.2 Å². The van der Waals surface area contributed by atoms with E-state index in [0.717, 1.165) is 49.1 Å². The molecule has 1 saturated carbocycles. The van der Waals surface area contributed by atoms with Crippen LogP contribution < -0.4 is 4.90 Å². The highest BCUT2D eigenvalue weighted by molar-refractivity contribution is 7.99. The van der Waals surface area contributed by atoms with Gasteiger partial charge in [-0.1, -0.05) is 49.7 Å². The third-order valence-electron chi connectivity index (χ3n) is 7.06. The van der Waals surface area contributed by atoms with Crippen molar-refractivity contribution in [3.8, 4) is 11.4 Å². The summed E-state index contributed by atoms with van der Waals surface area (Å²) in [6.07, 6.45) is 8.45. The number of anilines is 1. The van der Waals surface area contributed by atoms with Gasteiger partial charge >= 0.3 is 0 Å². The van der Waals surface area contributed by atoms with E-state index >= 15 is 0 Å². The lowest BCUT2D eigenvalue weighted by Crippen LogP contribution is -2.49. The molecule has 7 nitrogen and oxygen atoms in total. The van der Waals surface area contributed by atoms with Crippen molar-refractivity contribution in [1.29, 1.82) is 0 Å². The summed E-state index contributed by atoms with van der Waals surface area (Å²) < 4.78 is 2.28. The highest BCUT2D eigenvalue weighted by atomic mass is 32.2. The van der Waals surface area contributed by atoms with Crippen molar-refractivity contribution in [2.75, 3.05) is 36.8 Å². The molecule has 3 heterocycles. The highest BCUT2D eigenvalue weighted by Crippen LogP contribution is 2.38. The molecule has 3 aromatic rings. The van der Waals surface area contributed by atoms with Crippen LogP contribution in [0.3, 0.4) is 0 Å². The summed E-state index contributed by atoms with van der Waals surface area (Å²) in [6, 6.07) is 14.7. The largest absolute Gasteiger partial charge is 0.368 e. The third kappa shape index (κ3) is 4.97. The maximum absolute atomic E-state index is 13.1. The van der Waals surface area contributed by atoms with Gasteiger partial charge in [0.05, 0.1) is 5.75 Å². The van der Waals surface area contributed by atoms with Crippen molar-refractivity contribution in [2.45, 2.75) is 43.8 Å². The Morgan fingerprint density at radius 3 is 2.53 bits per heavy atom. The Balaban J connectivity index is 1.27. The van der Waals surface area contributed by atoms with Crippen molar-refractivity contribution in [3.05, 3.63) is 54.9 Å². The van der Waals surface area contributed by atoms with Crippen LogP contribution >= 0.6 is 11.8 Å². The summed E-state index contributed by atoms with van der Waals surface area (Å²) in [5.74, 6) is 1.98.